The minimum absolute atomic E-state index is 0.00165. The van der Waals surface area contributed by atoms with E-state index in [0.29, 0.717) is 0 Å². The average Bonchev–Trinajstić information content (AvgIpc) is 1.81. The Labute approximate surface area is 545 Å². The van der Waals surface area contributed by atoms with Crippen molar-refractivity contribution in [2.24, 2.45) is 45.5 Å². The minimum atomic E-state index is -1.90. The molecule has 95 heavy (non-hydrogen) atoms. The zero-order chi connectivity index (χ0) is 72.6. The third-order valence-electron chi connectivity index (χ3n) is 14.6. The average molecular weight is 1360 g/mol. The van der Waals surface area contributed by atoms with Crippen LogP contribution in [-0.4, -0.2) is 242 Å². The summed E-state index contributed by atoms with van der Waals surface area (Å²) in [6, 6.07) is -17.5. The lowest BCUT2D eigenvalue weighted by Gasteiger charge is -2.30. The molecule has 0 aromatic rings. The van der Waals surface area contributed by atoms with E-state index in [4.69, 9.17) is 33.8 Å². The maximum atomic E-state index is 14.3. The Morgan fingerprint density at radius 3 is 1.48 bits per heavy atom. The van der Waals surface area contributed by atoms with Gasteiger partial charge in [-0.1, -0.05) is 34.1 Å². The second kappa shape index (κ2) is 41.7. The number of carboxylic acid groups (broad SMARTS) is 3. The van der Waals surface area contributed by atoms with Gasteiger partial charge in [0.2, 0.25) is 82.7 Å². The number of nitrogens with zero attached hydrogens (tertiary/aromatic N) is 2. The monoisotopic (exact) mass is 1360 g/mol. The lowest BCUT2D eigenvalue weighted by atomic mass is 9.97. The molecule has 0 bridgehead atoms. The predicted molar refractivity (Wildman–Crippen MR) is 328 cm³/mol. The number of aliphatic hydroxyl groups excluding tert-OH is 2. The van der Waals surface area contributed by atoms with Gasteiger partial charge in [0.15, 0.2) is 5.96 Å². The number of hydrogen-bond donors (Lipinski definition) is 21. The second-order valence-electron chi connectivity index (χ2n) is 22.7. The molecule has 40 heteroatoms. The lowest BCUT2D eigenvalue weighted by Crippen LogP contribution is -2.61. The first-order valence-electron chi connectivity index (χ1n) is 30.3. The summed E-state index contributed by atoms with van der Waals surface area (Å²) >= 11 is 0. The Morgan fingerprint density at radius 2 is 1.00 bits per heavy atom. The molecule has 0 aliphatic carbocycles. The van der Waals surface area contributed by atoms with Crippen molar-refractivity contribution in [1.29, 1.82) is 0 Å². The molecule has 0 aromatic heterocycles. The standard InChI is InChI=1S/C55H92N18O22/c1-7-25(4)42(53(94)64-26(5)54(95)73-19-9-11-34(73)50(91)62-21-37(78)65-30(12-15-35(57)76)46(87)72-43(27(6)75)51(92)63-22-40(83)84)71-48(89)31(13-16-36(58)77)66-45(86)29(10-8-18-61-55(59)60)68-52(93)41(24(2)3)70-47(88)32(14-17-38(79)80)67-49(90)33(20-39(81)82)69-44(85)28(56)23-74/h24-34,41-43,74-75H,7-23,56H2,1-6H3,(H2,57,76)(H2,58,77)(H,62,91)(H,63,92)(H,64,94)(H,65,78)(H,66,86)(H,67,90)(H,68,93)(H,69,85)(H,70,88)(H,71,89)(H,72,87)(H,79,80)(H,81,82)(H,83,84)(H4,59,60,61)/t25-,26-,27+,28-,29-,30-,31-,32-,33-,34-,41-,42-,43-/m0/s1. The van der Waals surface area contributed by atoms with E-state index in [9.17, 15) is 102 Å². The summed E-state index contributed by atoms with van der Waals surface area (Å²) < 4.78 is 0. The fraction of sp³-hybridized carbons (Fsp3) is 0.673. The number of hydrogen-bond acceptors (Lipinski definition) is 21. The molecule has 0 unspecified atom stereocenters. The van der Waals surface area contributed by atoms with Gasteiger partial charge in [0.1, 0.15) is 73.0 Å². The van der Waals surface area contributed by atoms with Crippen molar-refractivity contribution in [3.8, 4) is 0 Å². The summed E-state index contributed by atoms with van der Waals surface area (Å²) in [6.07, 6.45) is -5.64. The van der Waals surface area contributed by atoms with Crippen molar-refractivity contribution >= 4 is 107 Å². The van der Waals surface area contributed by atoms with Gasteiger partial charge in [-0.05, 0) is 70.6 Å². The van der Waals surface area contributed by atoms with E-state index in [1.807, 2.05) is 10.6 Å². The number of nitrogens with two attached hydrogens (primary N) is 5. The number of amides is 14. The van der Waals surface area contributed by atoms with Crippen LogP contribution in [0.15, 0.2) is 4.99 Å². The first kappa shape index (κ1) is 83.2. The highest BCUT2D eigenvalue weighted by Gasteiger charge is 2.40. The van der Waals surface area contributed by atoms with Crippen LogP contribution in [0.1, 0.15) is 119 Å². The molecule has 1 rings (SSSR count). The maximum absolute atomic E-state index is 14.3. The molecule has 1 aliphatic rings. The van der Waals surface area contributed by atoms with Crippen LogP contribution < -0.4 is 87.2 Å². The minimum Gasteiger partial charge on any atom is -0.481 e. The molecule has 1 heterocycles. The SMILES string of the molecule is CC[C@H](C)[C@H](NC(=O)[C@H](CCC(N)=O)NC(=O)[C@H](CCCN=C(N)N)NC(=O)[C@@H](NC(=O)[C@H](CCC(=O)O)NC(=O)[C@H](CC(=O)O)NC(=O)[C@@H](N)CO)C(C)C)C(=O)N[C@@H](C)C(=O)N1CCC[C@H]1C(=O)NCC(=O)N[C@@H](CCC(N)=O)C(=O)N[C@H](C(=O)NCC(=O)O)[C@@H](C)O. The molecule has 0 radical (unpaired) electrons. The Kier molecular flexibility index (Phi) is 36.5. The van der Waals surface area contributed by atoms with Gasteiger partial charge in [-0.2, -0.15) is 0 Å². The van der Waals surface area contributed by atoms with Gasteiger partial charge in [-0.15, -0.1) is 0 Å². The van der Waals surface area contributed by atoms with E-state index in [0.717, 1.165) is 11.8 Å². The highest BCUT2D eigenvalue weighted by Crippen LogP contribution is 2.20. The molecule has 0 saturated carbocycles. The van der Waals surface area contributed by atoms with Crippen LogP contribution in [0.2, 0.25) is 0 Å². The Hall–Kier alpha value is -9.86. The largest absolute Gasteiger partial charge is 0.481 e. The number of guanidine groups is 1. The predicted octanol–water partition coefficient (Wildman–Crippen LogP) is -10.00. The number of nitrogens with one attached hydrogen (secondary N) is 11. The first-order chi connectivity index (χ1) is 44.3. The molecule has 13 atom stereocenters. The number of carbonyl (C=O) groups is 17. The Balaban J connectivity index is 3.45. The van der Waals surface area contributed by atoms with Gasteiger partial charge < -0.3 is 118 Å². The molecule has 0 spiro atoms. The Morgan fingerprint density at radius 1 is 0.526 bits per heavy atom. The second-order valence-corrected chi connectivity index (χ2v) is 22.7. The molecule has 40 nitrogen and oxygen atoms in total. The number of carbonyl (C=O) groups excluding carboxylic acids is 14. The summed E-state index contributed by atoms with van der Waals surface area (Å²) in [5.74, 6) is -20.7. The quantitative estimate of drug-likeness (QED) is 0.0153. The third-order valence-corrected chi connectivity index (χ3v) is 14.6. The number of rotatable bonds is 44. The van der Waals surface area contributed by atoms with E-state index in [1.54, 1.807) is 13.8 Å². The van der Waals surface area contributed by atoms with Gasteiger partial charge in [-0.25, -0.2) is 0 Å². The van der Waals surface area contributed by atoms with Crippen LogP contribution in [-0.2, 0) is 81.5 Å². The molecule has 0 aromatic carbocycles. The van der Waals surface area contributed by atoms with Crippen LogP contribution >= 0.6 is 0 Å². The van der Waals surface area contributed by atoms with Gasteiger partial charge in [0.25, 0.3) is 0 Å². The summed E-state index contributed by atoms with van der Waals surface area (Å²) in [5.41, 5.74) is 27.1. The smallest absolute Gasteiger partial charge is 0.322 e. The van der Waals surface area contributed by atoms with Crippen LogP contribution in [0.3, 0.4) is 0 Å². The summed E-state index contributed by atoms with van der Waals surface area (Å²) in [5, 5.41) is 72.6. The first-order valence-corrected chi connectivity index (χ1v) is 30.3. The topological polar surface area (TPSA) is 669 Å². The zero-order valence-electron chi connectivity index (χ0n) is 53.6. The number of primary amides is 2. The highest BCUT2D eigenvalue weighted by atomic mass is 16.4. The number of aliphatic hydroxyl groups is 2. The molecule has 14 amide bonds. The lowest BCUT2D eigenvalue weighted by molar-refractivity contribution is -0.142. The molecular weight excluding hydrogens is 1260 g/mol. The van der Waals surface area contributed by atoms with Crippen LogP contribution in [0.5, 0.6) is 0 Å². The molecule has 1 fully saturated rings. The molecular formula is C55H92N18O22. The number of aliphatic imine (C=N–C) groups is 1. The normalized spacial score (nSPS) is 16.4. The van der Waals surface area contributed by atoms with Crippen molar-refractivity contribution in [1.82, 2.24) is 63.4 Å². The Bertz CT molecular complexity index is 2800. The van der Waals surface area contributed by atoms with Gasteiger partial charge in [0.05, 0.1) is 25.7 Å². The van der Waals surface area contributed by atoms with Gasteiger partial charge >= 0.3 is 17.9 Å². The zero-order valence-corrected chi connectivity index (χ0v) is 53.6. The molecule has 26 N–H and O–H groups in total. The molecule has 534 valence electrons. The maximum Gasteiger partial charge on any atom is 0.322 e. The van der Waals surface area contributed by atoms with Crippen LogP contribution in [0.25, 0.3) is 0 Å². The van der Waals surface area contributed by atoms with Crippen molar-refractivity contribution < 1.29 is 107 Å². The summed E-state index contributed by atoms with van der Waals surface area (Å²) in [6.45, 7) is 5.86. The van der Waals surface area contributed by atoms with Crippen LogP contribution in [0.4, 0.5) is 0 Å². The number of likely N-dealkylation sites (tertiary alicyclic amines) is 1. The third kappa shape index (κ3) is 30.6. The van der Waals surface area contributed by atoms with E-state index >= 15 is 0 Å². The van der Waals surface area contributed by atoms with Gasteiger partial charge in [0, 0.05) is 32.4 Å². The van der Waals surface area contributed by atoms with Crippen molar-refractivity contribution in [2.45, 2.75) is 191 Å². The fourth-order valence-electron chi connectivity index (χ4n) is 9.10. The molecule has 1 aliphatic heterocycles. The number of carboxylic acids is 3. The van der Waals surface area contributed by atoms with E-state index in [2.05, 4.69) is 52.8 Å². The molecule has 1 saturated heterocycles. The van der Waals surface area contributed by atoms with Gasteiger partial charge in [-0.3, -0.25) is 86.5 Å². The summed E-state index contributed by atoms with van der Waals surface area (Å²) in [7, 11) is 0. The highest BCUT2D eigenvalue weighted by molar-refractivity contribution is 6.00. The number of aliphatic carboxylic acids is 3. The van der Waals surface area contributed by atoms with Crippen molar-refractivity contribution in [3.63, 3.8) is 0 Å². The van der Waals surface area contributed by atoms with E-state index < -0.39 is 250 Å². The fourth-order valence-corrected chi connectivity index (χ4v) is 9.10. The van der Waals surface area contributed by atoms with Crippen molar-refractivity contribution in [2.75, 3.05) is 32.8 Å². The van der Waals surface area contributed by atoms with E-state index in [1.165, 1.54) is 20.8 Å². The van der Waals surface area contributed by atoms with Crippen molar-refractivity contribution in [3.05, 3.63) is 0 Å². The van der Waals surface area contributed by atoms with E-state index in [-0.39, 0.29) is 51.2 Å². The van der Waals surface area contributed by atoms with Crippen LogP contribution in [0, 0.1) is 11.8 Å². The summed E-state index contributed by atoms with van der Waals surface area (Å²) in [4.78, 5) is 226.